The highest BCUT2D eigenvalue weighted by molar-refractivity contribution is 7.15. The van der Waals surface area contributed by atoms with E-state index < -0.39 is 0 Å². The second-order valence-corrected chi connectivity index (χ2v) is 6.80. The largest absolute Gasteiger partial charge is 0.360 e. The van der Waals surface area contributed by atoms with Crippen molar-refractivity contribution < 1.29 is 0 Å². The van der Waals surface area contributed by atoms with Crippen LogP contribution in [-0.4, -0.2) is 34.7 Å². The molecule has 1 aromatic heterocycles. The number of aromatic nitrogens is 2. The van der Waals surface area contributed by atoms with E-state index in [4.69, 9.17) is 0 Å². The smallest absolute Gasteiger partial charge is 0.205 e. The lowest BCUT2D eigenvalue weighted by Crippen LogP contribution is -2.24. The number of nitrogens with zero attached hydrogens (tertiary/aromatic N) is 3. The Morgan fingerprint density at radius 1 is 1.32 bits per heavy atom. The number of anilines is 1. The molecule has 0 saturated carbocycles. The SMILES string of the molecule is CCNc1nnc(CN2CCCC(C(C)C)CC2)s1. The number of hydrogen-bond acceptors (Lipinski definition) is 5. The van der Waals surface area contributed by atoms with E-state index in [9.17, 15) is 0 Å². The third-order valence-electron chi connectivity index (χ3n) is 3.96. The van der Waals surface area contributed by atoms with Gasteiger partial charge in [-0.1, -0.05) is 25.2 Å². The fourth-order valence-electron chi connectivity index (χ4n) is 2.74. The van der Waals surface area contributed by atoms with E-state index >= 15 is 0 Å². The van der Waals surface area contributed by atoms with Crippen LogP contribution in [-0.2, 0) is 6.54 Å². The van der Waals surface area contributed by atoms with E-state index in [1.807, 2.05) is 0 Å². The van der Waals surface area contributed by atoms with Crippen LogP contribution in [0.3, 0.4) is 0 Å². The van der Waals surface area contributed by atoms with E-state index in [0.717, 1.165) is 35.1 Å². The minimum Gasteiger partial charge on any atom is -0.360 e. The lowest BCUT2D eigenvalue weighted by atomic mass is 9.89. The van der Waals surface area contributed by atoms with Gasteiger partial charge in [-0.15, -0.1) is 10.2 Å². The van der Waals surface area contributed by atoms with Gasteiger partial charge in [0.25, 0.3) is 0 Å². The summed E-state index contributed by atoms with van der Waals surface area (Å²) in [5.74, 6) is 1.72. The topological polar surface area (TPSA) is 41.1 Å². The first-order chi connectivity index (χ1) is 9.19. The summed E-state index contributed by atoms with van der Waals surface area (Å²) in [6.45, 7) is 11.1. The molecule has 4 nitrogen and oxygen atoms in total. The van der Waals surface area contributed by atoms with Gasteiger partial charge in [0.05, 0.1) is 6.54 Å². The molecule has 1 atom stereocenters. The van der Waals surface area contributed by atoms with Crippen LogP contribution in [0.15, 0.2) is 0 Å². The first kappa shape index (κ1) is 14.7. The molecule has 0 aliphatic carbocycles. The summed E-state index contributed by atoms with van der Waals surface area (Å²) in [6.07, 6.45) is 4.03. The van der Waals surface area contributed by atoms with Crippen LogP contribution < -0.4 is 5.32 Å². The predicted octanol–water partition coefficient (Wildman–Crippen LogP) is 3.23. The van der Waals surface area contributed by atoms with Crippen molar-refractivity contribution in [3.8, 4) is 0 Å². The lowest BCUT2D eigenvalue weighted by Gasteiger charge is -2.20. The summed E-state index contributed by atoms with van der Waals surface area (Å²) in [5, 5.41) is 13.8. The molecule has 2 heterocycles. The summed E-state index contributed by atoms with van der Waals surface area (Å²) in [4.78, 5) is 2.54. The monoisotopic (exact) mass is 282 g/mol. The maximum absolute atomic E-state index is 4.28. The highest BCUT2D eigenvalue weighted by atomic mass is 32.1. The van der Waals surface area contributed by atoms with Gasteiger partial charge in [0.15, 0.2) is 0 Å². The van der Waals surface area contributed by atoms with Crippen LogP contribution in [0.5, 0.6) is 0 Å². The van der Waals surface area contributed by atoms with E-state index in [1.165, 1.54) is 32.4 Å². The fraction of sp³-hybridized carbons (Fsp3) is 0.857. The molecule has 0 radical (unpaired) electrons. The zero-order valence-corrected chi connectivity index (χ0v) is 13.2. The van der Waals surface area contributed by atoms with E-state index in [1.54, 1.807) is 11.3 Å². The van der Waals surface area contributed by atoms with Crippen molar-refractivity contribution in [2.24, 2.45) is 11.8 Å². The van der Waals surface area contributed by atoms with E-state index in [0.29, 0.717) is 0 Å². The summed E-state index contributed by atoms with van der Waals surface area (Å²) < 4.78 is 0. The summed E-state index contributed by atoms with van der Waals surface area (Å²) in [6, 6.07) is 0. The average molecular weight is 282 g/mol. The van der Waals surface area contributed by atoms with Crippen molar-refractivity contribution in [1.29, 1.82) is 0 Å². The van der Waals surface area contributed by atoms with Gasteiger partial charge in [-0.05, 0) is 51.1 Å². The maximum Gasteiger partial charge on any atom is 0.205 e. The molecule has 5 heteroatoms. The van der Waals surface area contributed by atoms with Crippen molar-refractivity contribution in [1.82, 2.24) is 15.1 Å². The fourth-order valence-corrected chi connectivity index (χ4v) is 3.59. The molecule has 1 unspecified atom stereocenters. The Morgan fingerprint density at radius 2 is 2.16 bits per heavy atom. The van der Waals surface area contributed by atoms with Crippen LogP contribution in [0.4, 0.5) is 5.13 Å². The van der Waals surface area contributed by atoms with Gasteiger partial charge in [0, 0.05) is 6.54 Å². The zero-order valence-electron chi connectivity index (χ0n) is 12.4. The van der Waals surface area contributed by atoms with Gasteiger partial charge in [-0.2, -0.15) is 0 Å². The van der Waals surface area contributed by atoms with Gasteiger partial charge in [-0.3, -0.25) is 4.90 Å². The van der Waals surface area contributed by atoms with Crippen molar-refractivity contribution in [3.05, 3.63) is 5.01 Å². The molecular formula is C14H26N4S. The third kappa shape index (κ3) is 4.42. The van der Waals surface area contributed by atoms with E-state index in [-0.39, 0.29) is 0 Å². The molecule has 0 aromatic carbocycles. The minimum absolute atomic E-state index is 0.821. The van der Waals surface area contributed by atoms with Crippen LogP contribution in [0.25, 0.3) is 0 Å². The average Bonchev–Trinajstić information content (AvgIpc) is 2.67. The number of hydrogen-bond donors (Lipinski definition) is 1. The molecule has 0 spiro atoms. The summed E-state index contributed by atoms with van der Waals surface area (Å²) in [7, 11) is 0. The van der Waals surface area contributed by atoms with Crippen LogP contribution in [0.2, 0.25) is 0 Å². The Kier molecular flexibility index (Phi) is 5.58. The number of rotatable bonds is 5. The van der Waals surface area contributed by atoms with Gasteiger partial charge in [0.1, 0.15) is 5.01 Å². The molecule has 2 rings (SSSR count). The molecule has 1 aliphatic rings. The second-order valence-electron chi connectivity index (χ2n) is 5.74. The minimum atomic E-state index is 0.821. The van der Waals surface area contributed by atoms with Gasteiger partial charge >= 0.3 is 0 Å². The Bertz CT molecular complexity index is 377. The first-order valence-corrected chi connectivity index (χ1v) is 8.29. The Balaban J connectivity index is 1.85. The third-order valence-corrected chi connectivity index (χ3v) is 4.83. The maximum atomic E-state index is 4.28. The number of likely N-dealkylation sites (tertiary alicyclic amines) is 1. The summed E-state index contributed by atoms with van der Waals surface area (Å²) in [5.41, 5.74) is 0. The Hall–Kier alpha value is -0.680. The molecule has 0 amide bonds. The van der Waals surface area contributed by atoms with Crippen molar-refractivity contribution in [3.63, 3.8) is 0 Å². The molecule has 19 heavy (non-hydrogen) atoms. The van der Waals surface area contributed by atoms with E-state index in [2.05, 4.69) is 41.2 Å². The van der Waals surface area contributed by atoms with Crippen molar-refractivity contribution in [2.45, 2.75) is 46.6 Å². The standard InChI is InChI=1S/C14H26N4S/c1-4-15-14-17-16-13(19-14)10-18-8-5-6-12(7-9-18)11(2)3/h11-12H,4-10H2,1-3H3,(H,15,17). The van der Waals surface area contributed by atoms with Crippen molar-refractivity contribution in [2.75, 3.05) is 25.0 Å². The normalized spacial score (nSPS) is 21.6. The quantitative estimate of drug-likeness (QED) is 0.900. The zero-order chi connectivity index (χ0) is 13.7. The summed E-state index contributed by atoms with van der Waals surface area (Å²) >= 11 is 1.69. The Morgan fingerprint density at radius 3 is 2.89 bits per heavy atom. The molecule has 1 saturated heterocycles. The first-order valence-electron chi connectivity index (χ1n) is 7.47. The van der Waals surface area contributed by atoms with Crippen LogP contribution in [0, 0.1) is 11.8 Å². The molecule has 1 aliphatic heterocycles. The molecule has 108 valence electrons. The molecular weight excluding hydrogens is 256 g/mol. The van der Waals surface area contributed by atoms with Crippen LogP contribution >= 0.6 is 11.3 Å². The molecule has 0 bridgehead atoms. The number of nitrogens with one attached hydrogen (secondary N) is 1. The molecule has 1 N–H and O–H groups in total. The highest BCUT2D eigenvalue weighted by Crippen LogP contribution is 2.26. The van der Waals surface area contributed by atoms with Gasteiger partial charge in [-0.25, -0.2) is 0 Å². The Labute approximate surface area is 120 Å². The van der Waals surface area contributed by atoms with Gasteiger partial charge in [0.2, 0.25) is 5.13 Å². The highest BCUT2D eigenvalue weighted by Gasteiger charge is 2.20. The van der Waals surface area contributed by atoms with Crippen molar-refractivity contribution >= 4 is 16.5 Å². The van der Waals surface area contributed by atoms with Crippen LogP contribution in [0.1, 0.15) is 45.0 Å². The lowest BCUT2D eigenvalue weighted by molar-refractivity contribution is 0.264. The molecule has 1 fully saturated rings. The predicted molar refractivity (Wildman–Crippen MR) is 81.5 cm³/mol. The molecule has 1 aromatic rings. The van der Waals surface area contributed by atoms with Gasteiger partial charge < -0.3 is 5.32 Å². The second kappa shape index (κ2) is 7.20.